The zero-order valence-electron chi connectivity index (χ0n) is 17.8. The molecule has 6 nitrogen and oxygen atoms in total. The highest BCUT2D eigenvalue weighted by Gasteiger charge is 2.32. The Balaban J connectivity index is 0.00000132. The van der Waals surface area contributed by atoms with Crippen molar-refractivity contribution in [2.24, 2.45) is 0 Å². The average Bonchev–Trinajstić information content (AvgIpc) is 3.05. The number of nitrogens with one attached hydrogen (secondary N) is 1. The van der Waals surface area contributed by atoms with E-state index in [1.165, 1.54) is 6.92 Å². The lowest BCUT2D eigenvalue weighted by Gasteiger charge is -2.23. The fourth-order valence-corrected chi connectivity index (χ4v) is 3.80. The summed E-state index contributed by atoms with van der Waals surface area (Å²) in [5.41, 5.74) is 1.30. The third-order valence-electron chi connectivity index (χ3n) is 5.29. The van der Waals surface area contributed by atoms with E-state index in [1.807, 2.05) is 25.5 Å². The predicted octanol–water partition coefficient (Wildman–Crippen LogP) is 4.92. The Hall–Kier alpha value is -3.10. The van der Waals surface area contributed by atoms with E-state index in [9.17, 15) is 23.1 Å². The summed E-state index contributed by atoms with van der Waals surface area (Å²) < 4.78 is 40.8. The van der Waals surface area contributed by atoms with Gasteiger partial charge in [-0.15, -0.1) is 0 Å². The van der Waals surface area contributed by atoms with E-state index >= 15 is 0 Å². The van der Waals surface area contributed by atoms with Crippen LogP contribution in [0.1, 0.15) is 49.6 Å². The molecule has 31 heavy (non-hydrogen) atoms. The predicted molar refractivity (Wildman–Crippen MR) is 112 cm³/mol. The Morgan fingerprint density at radius 2 is 1.90 bits per heavy atom. The Morgan fingerprint density at radius 3 is 2.48 bits per heavy atom. The van der Waals surface area contributed by atoms with E-state index in [2.05, 4.69) is 15.4 Å². The summed E-state index contributed by atoms with van der Waals surface area (Å²) in [6.45, 7) is 7.90. The second-order valence-electron chi connectivity index (χ2n) is 7.28. The van der Waals surface area contributed by atoms with Crippen LogP contribution in [0.25, 0.3) is 22.3 Å². The molecular formula is C22H25F3N4O2. The SMILES string of the molecule is CC.Cc1cc(C(F)(F)F)cc(O)c1-c1ccc2c(C)n([C@H]3CCC(=O)NC3)nc2n1. The number of phenolic OH excluding ortho intramolecular Hbond substituents is 1. The number of phenols is 1. The van der Waals surface area contributed by atoms with Gasteiger partial charge in [-0.05, 0) is 50.1 Å². The van der Waals surface area contributed by atoms with E-state index in [4.69, 9.17) is 0 Å². The molecule has 3 heterocycles. The average molecular weight is 434 g/mol. The van der Waals surface area contributed by atoms with Crippen LogP contribution >= 0.6 is 0 Å². The molecule has 1 saturated heterocycles. The van der Waals surface area contributed by atoms with Crippen molar-refractivity contribution in [1.29, 1.82) is 0 Å². The Labute approximate surface area is 178 Å². The number of pyridine rings is 1. The maximum atomic E-state index is 13.0. The van der Waals surface area contributed by atoms with Crippen LogP contribution in [0.4, 0.5) is 13.2 Å². The quantitative estimate of drug-likeness (QED) is 0.600. The van der Waals surface area contributed by atoms with Crippen molar-refractivity contribution in [2.45, 2.75) is 52.8 Å². The Bertz CT molecular complexity index is 1090. The highest BCUT2D eigenvalue weighted by Crippen LogP contribution is 2.39. The molecule has 0 unspecified atom stereocenters. The van der Waals surface area contributed by atoms with Gasteiger partial charge in [-0.2, -0.15) is 18.3 Å². The highest BCUT2D eigenvalue weighted by molar-refractivity contribution is 5.83. The number of halogens is 3. The number of hydrogen-bond donors (Lipinski definition) is 2. The molecule has 1 fully saturated rings. The molecule has 1 aliphatic heterocycles. The summed E-state index contributed by atoms with van der Waals surface area (Å²) in [5.74, 6) is -0.459. The van der Waals surface area contributed by atoms with Gasteiger partial charge in [0.25, 0.3) is 0 Å². The van der Waals surface area contributed by atoms with Gasteiger partial charge in [0.1, 0.15) is 5.75 Å². The maximum Gasteiger partial charge on any atom is 0.416 e. The topological polar surface area (TPSA) is 80.0 Å². The summed E-state index contributed by atoms with van der Waals surface area (Å²) >= 11 is 0. The summed E-state index contributed by atoms with van der Waals surface area (Å²) in [6.07, 6.45) is -3.44. The normalized spacial score (nSPS) is 16.6. The molecule has 9 heteroatoms. The van der Waals surface area contributed by atoms with Crippen LogP contribution in [0.5, 0.6) is 5.75 Å². The Morgan fingerprint density at radius 1 is 1.19 bits per heavy atom. The molecule has 0 saturated carbocycles. The van der Waals surface area contributed by atoms with E-state index in [1.54, 1.807) is 12.1 Å². The molecule has 1 atom stereocenters. The lowest BCUT2D eigenvalue weighted by atomic mass is 10.00. The van der Waals surface area contributed by atoms with Gasteiger partial charge in [-0.1, -0.05) is 13.8 Å². The first kappa shape index (κ1) is 22.6. The van der Waals surface area contributed by atoms with Crippen molar-refractivity contribution in [3.05, 3.63) is 41.1 Å². The largest absolute Gasteiger partial charge is 0.507 e. The lowest BCUT2D eigenvalue weighted by Crippen LogP contribution is -2.36. The second kappa shape index (κ2) is 8.56. The number of amides is 1. The monoisotopic (exact) mass is 434 g/mol. The Kier molecular flexibility index (Phi) is 6.24. The standard InChI is InChI=1S/C20H19F3N4O2.C2H6/c1-10-7-12(20(21,22)23)8-16(28)18(10)15-5-4-14-11(2)27(26-19(14)25-15)13-3-6-17(29)24-9-13;1-2/h4-5,7-8,13,28H,3,6,9H2,1-2H3,(H,24,29);1-2H3/t13-;/m0./s1. The van der Waals surface area contributed by atoms with Crippen LogP contribution in [0.3, 0.4) is 0 Å². The molecule has 1 aliphatic rings. The number of aryl methyl sites for hydroxylation is 2. The molecular weight excluding hydrogens is 409 g/mol. The van der Waals surface area contributed by atoms with E-state index in [0.29, 0.717) is 36.8 Å². The maximum absolute atomic E-state index is 13.0. The van der Waals surface area contributed by atoms with Crippen LogP contribution in [-0.4, -0.2) is 32.3 Å². The van der Waals surface area contributed by atoms with Gasteiger partial charge in [0.05, 0.1) is 17.3 Å². The number of carbonyl (C=O) groups excluding carboxylic acids is 1. The minimum Gasteiger partial charge on any atom is -0.507 e. The number of alkyl halides is 3. The van der Waals surface area contributed by atoms with Crippen LogP contribution in [-0.2, 0) is 11.0 Å². The summed E-state index contributed by atoms with van der Waals surface area (Å²) in [6, 6.07) is 5.19. The van der Waals surface area contributed by atoms with E-state index in [0.717, 1.165) is 17.1 Å². The molecule has 2 aromatic heterocycles. The number of hydrogen-bond acceptors (Lipinski definition) is 4. The van der Waals surface area contributed by atoms with Crippen molar-refractivity contribution >= 4 is 16.9 Å². The highest BCUT2D eigenvalue weighted by atomic mass is 19.4. The summed E-state index contributed by atoms with van der Waals surface area (Å²) in [5, 5.41) is 18.4. The van der Waals surface area contributed by atoms with Crippen molar-refractivity contribution < 1.29 is 23.1 Å². The number of piperidine rings is 1. The van der Waals surface area contributed by atoms with Crippen molar-refractivity contribution in [1.82, 2.24) is 20.1 Å². The van der Waals surface area contributed by atoms with Crippen LogP contribution < -0.4 is 5.32 Å². The number of carbonyl (C=O) groups is 1. The summed E-state index contributed by atoms with van der Waals surface area (Å²) in [4.78, 5) is 15.9. The van der Waals surface area contributed by atoms with Gasteiger partial charge in [-0.3, -0.25) is 9.48 Å². The molecule has 0 radical (unpaired) electrons. The molecule has 0 bridgehead atoms. The zero-order chi connectivity index (χ0) is 22.9. The van der Waals surface area contributed by atoms with Crippen LogP contribution in [0, 0.1) is 13.8 Å². The number of nitrogens with zero attached hydrogens (tertiary/aromatic N) is 3. The van der Waals surface area contributed by atoms with Crippen molar-refractivity contribution in [3.8, 4) is 17.0 Å². The zero-order valence-corrected chi connectivity index (χ0v) is 17.8. The number of aromatic hydroxyl groups is 1. The third kappa shape index (κ3) is 4.35. The van der Waals surface area contributed by atoms with Gasteiger partial charge < -0.3 is 10.4 Å². The first-order chi connectivity index (χ1) is 14.6. The molecule has 2 N–H and O–H groups in total. The number of benzene rings is 1. The van der Waals surface area contributed by atoms with Gasteiger partial charge in [0, 0.05) is 29.6 Å². The number of rotatable bonds is 2. The molecule has 0 aliphatic carbocycles. The molecule has 3 aromatic rings. The second-order valence-corrected chi connectivity index (χ2v) is 7.28. The van der Waals surface area contributed by atoms with Gasteiger partial charge >= 0.3 is 6.18 Å². The summed E-state index contributed by atoms with van der Waals surface area (Å²) in [7, 11) is 0. The minimum atomic E-state index is -4.54. The fourth-order valence-electron chi connectivity index (χ4n) is 3.80. The molecule has 0 spiro atoms. The van der Waals surface area contributed by atoms with Crippen LogP contribution in [0.15, 0.2) is 24.3 Å². The first-order valence-electron chi connectivity index (χ1n) is 10.2. The smallest absolute Gasteiger partial charge is 0.416 e. The molecule has 1 aromatic carbocycles. The number of aromatic nitrogens is 3. The third-order valence-corrected chi connectivity index (χ3v) is 5.29. The molecule has 1 amide bonds. The van der Waals surface area contributed by atoms with E-state index < -0.39 is 17.5 Å². The van der Waals surface area contributed by atoms with E-state index in [-0.39, 0.29) is 23.1 Å². The van der Waals surface area contributed by atoms with Gasteiger partial charge in [0.15, 0.2) is 5.65 Å². The first-order valence-corrected chi connectivity index (χ1v) is 10.2. The van der Waals surface area contributed by atoms with Crippen molar-refractivity contribution in [3.63, 3.8) is 0 Å². The molecule has 4 rings (SSSR count). The van der Waals surface area contributed by atoms with Gasteiger partial charge in [-0.25, -0.2) is 4.98 Å². The molecule has 166 valence electrons. The number of fused-ring (bicyclic) bond motifs is 1. The lowest BCUT2D eigenvalue weighted by molar-refractivity contribution is -0.137. The van der Waals surface area contributed by atoms with Crippen LogP contribution in [0.2, 0.25) is 0 Å². The fraction of sp³-hybridized carbons (Fsp3) is 0.409. The minimum absolute atomic E-state index is 0.0179. The van der Waals surface area contributed by atoms with Gasteiger partial charge in [0.2, 0.25) is 5.91 Å². The van der Waals surface area contributed by atoms with Crippen molar-refractivity contribution in [2.75, 3.05) is 6.54 Å².